The van der Waals surface area contributed by atoms with Crippen molar-refractivity contribution in [1.82, 2.24) is 4.90 Å². The predicted molar refractivity (Wildman–Crippen MR) is 59.9 cm³/mol. The van der Waals surface area contributed by atoms with Crippen LogP contribution in [0, 0.1) is 11.6 Å². The molecule has 0 fully saturated rings. The third-order valence-corrected chi connectivity index (χ3v) is 3.35. The van der Waals surface area contributed by atoms with Crippen molar-refractivity contribution in [2.75, 3.05) is 6.54 Å². The highest BCUT2D eigenvalue weighted by atomic mass is 19.1. The van der Waals surface area contributed by atoms with Crippen molar-refractivity contribution in [1.29, 1.82) is 0 Å². The number of halogens is 2. The van der Waals surface area contributed by atoms with Crippen molar-refractivity contribution in [2.45, 2.75) is 25.3 Å². The summed E-state index contributed by atoms with van der Waals surface area (Å²) >= 11 is 0. The van der Waals surface area contributed by atoms with Crippen molar-refractivity contribution >= 4 is 12.4 Å². The molecule has 1 atom stereocenters. The van der Waals surface area contributed by atoms with Crippen molar-refractivity contribution in [3.05, 3.63) is 34.9 Å². The van der Waals surface area contributed by atoms with Crippen molar-refractivity contribution in [3.63, 3.8) is 0 Å². The Kier molecular flexibility index (Phi) is 3.78. The number of fused-ring (bicyclic) bond motifs is 1. The first-order chi connectivity index (χ1) is 9.01. The normalized spacial score (nSPS) is 17.7. The molecule has 4 nitrogen and oxygen atoms in total. The van der Waals surface area contributed by atoms with E-state index in [-0.39, 0.29) is 12.5 Å². The van der Waals surface area contributed by atoms with Gasteiger partial charge in [0.2, 0.25) is 6.41 Å². The third kappa shape index (κ3) is 2.89. The minimum absolute atomic E-state index is 0.246. The zero-order chi connectivity index (χ0) is 14.0. The van der Waals surface area contributed by atoms with Crippen molar-refractivity contribution in [2.24, 2.45) is 0 Å². The van der Waals surface area contributed by atoms with Crippen LogP contribution in [0.25, 0.3) is 0 Å². The quantitative estimate of drug-likeness (QED) is 0.724. The molecule has 0 saturated carbocycles. The predicted octanol–water partition coefficient (Wildman–Crippen LogP) is 0.0304. The zero-order valence-corrected chi connectivity index (χ0v) is 10.1. The van der Waals surface area contributed by atoms with Crippen LogP contribution >= 0.6 is 0 Å². The fourth-order valence-electron chi connectivity index (χ4n) is 2.47. The molecule has 1 aliphatic rings. The van der Waals surface area contributed by atoms with Crippen LogP contribution in [0.15, 0.2) is 12.1 Å². The number of amides is 1. The van der Waals surface area contributed by atoms with Crippen LogP contribution in [0.4, 0.5) is 8.78 Å². The molecule has 102 valence electrons. The summed E-state index contributed by atoms with van der Waals surface area (Å²) in [5.74, 6) is -2.62. The molecular weight excluding hydrogens is 256 g/mol. The monoisotopic (exact) mass is 268 g/mol. The van der Waals surface area contributed by atoms with E-state index in [1.54, 1.807) is 0 Å². The summed E-state index contributed by atoms with van der Waals surface area (Å²) < 4.78 is 26.7. The Morgan fingerprint density at radius 2 is 2.21 bits per heavy atom. The molecule has 0 aromatic heterocycles. The Balaban J connectivity index is 2.21. The standard InChI is InChI=1S/C13H13F2NO3/c14-9-3-8-4-10(16(7-17)6-13(18)19)1-2-11(8)12(15)5-9/h3,5,7,10H,1-2,4,6H2,(H,18,19)/p-1. The lowest BCUT2D eigenvalue weighted by Gasteiger charge is -2.33. The Morgan fingerprint density at radius 1 is 1.47 bits per heavy atom. The molecule has 0 heterocycles. The molecule has 1 aromatic rings. The van der Waals surface area contributed by atoms with Gasteiger partial charge in [0.15, 0.2) is 0 Å². The highest BCUT2D eigenvalue weighted by Crippen LogP contribution is 2.27. The number of carbonyl (C=O) groups excluding carboxylic acids is 2. The van der Waals surface area contributed by atoms with Gasteiger partial charge in [0.05, 0.1) is 12.5 Å². The maximum atomic E-state index is 13.5. The first kappa shape index (κ1) is 13.5. The number of carboxylic acids is 1. The summed E-state index contributed by atoms with van der Waals surface area (Å²) in [6.07, 6.45) is 1.47. The van der Waals surface area contributed by atoms with Gasteiger partial charge in [0.25, 0.3) is 0 Å². The van der Waals surface area contributed by atoms with E-state index in [9.17, 15) is 23.5 Å². The molecule has 1 aromatic carbocycles. The van der Waals surface area contributed by atoms with Crippen molar-refractivity contribution in [3.8, 4) is 0 Å². The molecular formula is C13H12F2NO3-. The second kappa shape index (κ2) is 5.34. The van der Waals surface area contributed by atoms with Gasteiger partial charge in [-0.05, 0) is 36.5 Å². The average molecular weight is 268 g/mol. The van der Waals surface area contributed by atoms with Crippen LogP contribution in [0.1, 0.15) is 17.5 Å². The number of carbonyl (C=O) groups is 2. The van der Waals surface area contributed by atoms with Gasteiger partial charge < -0.3 is 14.8 Å². The average Bonchev–Trinajstić information content (AvgIpc) is 2.34. The Bertz CT molecular complexity index is 519. The van der Waals surface area contributed by atoms with Crippen LogP contribution < -0.4 is 5.11 Å². The lowest BCUT2D eigenvalue weighted by molar-refractivity contribution is -0.306. The van der Waals surface area contributed by atoms with Crippen LogP contribution in [0.5, 0.6) is 0 Å². The van der Waals surface area contributed by atoms with Crippen LogP contribution in [0.3, 0.4) is 0 Å². The minimum Gasteiger partial charge on any atom is -0.548 e. The number of benzene rings is 1. The summed E-state index contributed by atoms with van der Waals surface area (Å²) in [5, 5.41) is 10.5. The Morgan fingerprint density at radius 3 is 2.84 bits per heavy atom. The highest BCUT2D eigenvalue weighted by molar-refractivity contribution is 5.70. The fraction of sp³-hybridized carbons (Fsp3) is 0.385. The maximum Gasteiger partial charge on any atom is 0.210 e. The third-order valence-electron chi connectivity index (χ3n) is 3.35. The fourth-order valence-corrected chi connectivity index (χ4v) is 2.47. The molecule has 1 unspecified atom stereocenters. The van der Waals surface area contributed by atoms with E-state index in [2.05, 4.69) is 0 Å². The number of nitrogens with zero attached hydrogens (tertiary/aromatic N) is 1. The molecule has 1 aliphatic carbocycles. The maximum absolute atomic E-state index is 13.5. The molecule has 0 N–H and O–H groups in total. The first-order valence-corrected chi connectivity index (χ1v) is 5.89. The molecule has 1 amide bonds. The van der Waals surface area contributed by atoms with Gasteiger partial charge >= 0.3 is 0 Å². The second-order valence-corrected chi connectivity index (χ2v) is 4.57. The summed E-state index contributed by atoms with van der Waals surface area (Å²) in [6, 6.07) is 1.69. The topological polar surface area (TPSA) is 60.4 Å². The Hall–Kier alpha value is -1.98. The largest absolute Gasteiger partial charge is 0.548 e. The number of hydrogen-bond acceptors (Lipinski definition) is 3. The lowest BCUT2D eigenvalue weighted by atomic mass is 9.87. The highest BCUT2D eigenvalue weighted by Gasteiger charge is 2.25. The number of carboxylic acid groups (broad SMARTS) is 1. The smallest absolute Gasteiger partial charge is 0.210 e. The molecule has 0 spiro atoms. The summed E-state index contributed by atoms with van der Waals surface area (Å²) in [5.41, 5.74) is 0.927. The van der Waals surface area contributed by atoms with E-state index in [1.807, 2.05) is 0 Å². The van der Waals surface area contributed by atoms with Gasteiger partial charge in [-0.2, -0.15) is 0 Å². The second-order valence-electron chi connectivity index (χ2n) is 4.57. The van der Waals surface area contributed by atoms with Gasteiger partial charge in [0, 0.05) is 12.1 Å². The SMILES string of the molecule is O=CN(CC(=O)[O-])C1CCc2c(F)cc(F)cc2C1. The van der Waals surface area contributed by atoms with Gasteiger partial charge in [-0.25, -0.2) is 8.78 Å². The van der Waals surface area contributed by atoms with Gasteiger partial charge in [-0.15, -0.1) is 0 Å². The van der Waals surface area contributed by atoms with Crippen LogP contribution in [0.2, 0.25) is 0 Å². The molecule has 0 radical (unpaired) electrons. The summed E-state index contributed by atoms with van der Waals surface area (Å²) in [4.78, 5) is 22.5. The van der Waals surface area contributed by atoms with Gasteiger partial charge in [-0.3, -0.25) is 4.79 Å². The molecule has 6 heteroatoms. The molecule has 0 bridgehead atoms. The molecule has 19 heavy (non-hydrogen) atoms. The van der Waals surface area contributed by atoms with Crippen molar-refractivity contribution < 1.29 is 23.5 Å². The molecule has 2 rings (SSSR count). The lowest BCUT2D eigenvalue weighted by Crippen LogP contribution is -2.45. The Labute approximate surface area is 108 Å². The minimum atomic E-state index is -1.36. The van der Waals surface area contributed by atoms with Crippen LogP contribution in [-0.2, 0) is 22.4 Å². The van der Waals surface area contributed by atoms with Crippen LogP contribution in [-0.4, -0.2) is 29.9 Å². The van der Waals surface area contributed by atoms with E-state index in [4.69, 9.17) is 0 Å². The van der Waals surface area contributed by atoms with E-state index in [1.165, 1.54) is 6.07 Å². The number of hydrogen-bond donors (Lipinski definition) is 0. The number of rotatable bonds is 4. The van der Waals surface area contributed by atoms with Gasteiger partial charge in [0.1, 0.15) is 11.6 Å². The molecule has 0 saturated heterocycles. The van der Waals surface area contributed by atoms with E-state index < -0.39 is 24.1 Å². The first-order valence-electron chi connectivity index (χ1n) is 5.89. The summed E-state index contributed by atoms with van der Waals surface area (Å²) in [7, 11) is 0. The zero-order valence-electron chi connectivity index (χ0n) is 10.1. The van der Waals surface area contributed by atoms with Gasteiger partial charge in [-0.1, -0.05) is 0 Å². The summed E-state index contributed by atoms with van der Waals surface area (Å²) in [6.45, 7) is -0.513. The van der Waals surface area contributed by atoms with E-state index in [0.717, 1.165) is 11.0 Å². The van der Waals surface area contributed by atoms with E-state index in [0.29, 0.717) is 30.4 Å². The molecule has 0 aliphatic heterocycles. The number of aliphatic carboxylic acids is 1. The van der Waals surface area contributed by atoms with E-state index >= 15 is 0 Å².